The van der Waals surface area contributed by atoms with Crippen LogP contribution in [0.2, 0.25) is 0 Å². The van der Waals surface area contributed by atoms with Gasteiger partial charge in [-0.3, -0.25) is 71.8 Å². The molecule has 4 aromatic heterocycles. The first-order valence-electron chi connectivity index (χ1n) is 47.5. The van der Waals surface area contributed by atoms with Crippen molar-refractivity contribution in [3.63, 3.8) is 0 Å². The molecular formula is C98H111N11O36P4-4. The Morgan fingerprint density at radius 2 is 0.765 bits per heavy atom. The summed E-state index contributed by atoms with van der Waals surface area (Å²) in [5.74, 6) is 19.9. The second-order valence-electron chi connectivity index (χ2n) is 36.6. The van der Waals surface area contributed by atoms with E-state index in [1.807, 2.05) is 42.5 Å². The number of carbonyl (C=O) groups excluding carboxylic acids is 4. The topological polar surface area (TPSA) is 632 Å². The number of unbranched alkanes of at least 4 members (excludes halogenated alkanes) is 8. The molecule has 0 spiro atoms. The number of amides is 3. The second-order valence-corrected chi connectivity index (χ2v) is 43.7. The second kappa shape index (κ2) is 48.2. The Labute approximate surface area is 850 Å². The number of esters is 1. The van der Waals surface area contributed by atoms with E-state index in [2.05, 4.69) is 96.2 Å². The highest BCUT2D eigenvalue weighted by Gasteiger charge is 2.68. The fourth-order valence-electron chi connectivity index (χ4n) is 18.8. The molecule has 9 aromatic rings. The van der Waals surface area contributed by atoms with E-state index >= 15 is 0 Å². The molecule has 0 saturated carbocycles. The molecule has 8 saturated heterocycles. The van der Waals surface area contributed by atoms with E-state index < -0.39 is 177 Å². The average Bonchev–Trinajstić information content (AvgIpc) is 1.65. The molecule has 8 aliphatic rings. The summed E-state index contributed by atoms with van der Waals surface area (Å²) in [6.45, 7) is 8.77. The van der Waals surface area contributed by atoms with Gasteiger partial charge in [-0.15, -0.1) is 0 Å². The van der Waals surface area contributed by atoms with Crippen molar-refractivity contribution in [2.24, 2.45) is 0 Å². The number of hydrogen-bond acceptors (Lipinski definition) is 36. The highest BCUT2D eigenvalue weighted by molar-refractivity contribution is 7.51. The van der Waals surface area contributed by atoms with E-state index in [0.717, 1.165) is 96.5 Å². The van der Waals surface area contributed by atoms with Crippen molar-refractivity contribution in [2.75, 3.05) is 120 Å². The molecule has 8 aliphatic heterocycles. The summed E-state index contributed by atoms with van der Waals surface area (Å²) in [7, 11) is -12.4. The maximum Gasteiger partial charge on any atom is 0.339 e. The quantitative estimate of drug-likeness (QED) is 0.00984. The summed E-state index contributed by atoms with van der Waals surface area (Å²) >= 11 is 0. The van der Waals surface area contributed by atoms with E-state index in [1.165, 1.54) is 91.6 Å². The summed E-state index contributed by atoms with van der Waals surface area (Å²) in [5, 5.41) is 14.1. The molecule has 17 rings (SSSR count). The van der Waals surface area contributed by atoms with Crippen LogP contribution in [0.3, 0.4) is 0 Å². The van der Waals surface area contributed by atoms with Gasteiger partial charge in [0.1, 0.15) is 124 Å². The van der Waals surface area contributed by atoms with Gasteiger partial charge in [0.2, 0.25) is 11.8 Å². The van der Waals surface area contributed by atoms with Crippen molar-refractivity contribution in [1.29, 1.82) is 0 Å². The number of carbonyl (C=O) groups is 4. The van der Waals surface area contributed by atoms with Crippen LogP contribution in [0.4, 0.5) is 0 Å². The molecule has 8 unspecified atom stereocenters. The summed E-state index contributed by atoms with van der Waals surface area (Å²) in [4.78, 5) is 204. The highest BCUT2D eigenvalue weighted by Crippen LogP contribution is 2.56. The Morgan fingerprint density at radius 1 is 0.423 bits per heavy atom. The van der Waals surface area contributed by atoms with E-state index in [1.54, 1.807) is 43.3 Å². The van der Waals surface area contributed by atoms with Gasteiger partial charge in [0.15, 0.2) is 31.5 Å². The van der Waals surface area contributed by atoms with Crippen LogP contribution in [0, 0.1) is 47.4 Å². The third-order valence-corrected chi connectivity index (χ3v) is 27.9. The number of H-pyrrole nitrogens is 4. The summed E-state index contributed by atoms with van der Waals surface area (Å²) < 4.78 is 140. The lowest BCUT2D eigenvalue weighted by Crippen LogP contribution is -2.46. The Morgan fingerprint density at radius 3 is 1.15 bits per heavy atom. The zero-order valence-corrected chi connectivity index (χ0v) is 86.2. The first kappa shape index (κ1) is 113. The summed E-state index contributed by atoms with van der Waals surface area (Å²) in [5.41, 5.74) is -10.2. The van der Waals surface area contributed by atoms with Gasteiger partial charge in [0.05, 0.1) is 71.4 Å². The number of fused-ring (bicyclic) bond motifs is 8. The van der Waals surface area contributed by atoms with E-state index in [9.17, 15) is 95.4 Å². The van der Waals surface area contributed by atoms with Gasteiger partial charge < -0.3 is 129 Å². The van der Waals surface area contributed by atoms with Gasteiger partial charge >= 0.3 is 28.7 Å². The standard InChI is InChI=1S/C32H28N3O9P.C27H42N3O9P.C22H23N2O9P.C17H22N3O9P/c1-41-16-32-17-42-26(27(32)44-45(2,39)40)30(43-32)35-15-21(28(36)34-31(35)38)7-4-14-33-29(37)23-13-11-20-9-8-18-5-3-6-19-10-12-22(23)25(20)24(18)19;1-4-5-6-7-8-9-10-11-12-15-21(31)28-16-13-14-20-17-30(26(33)29-24(20)32)25-22-23(39-40(3,34)35)27(38-25,18-36-2)19-37-22;1-3-22-13-31-16(17(22)33-34(2,28)29)19(32-22)24-12-15(18(25)23-21(24)27)10-7-11-30-20(26)14-8-5-4-6-9-14;1-10(21)18-6-4-5-11-7-20(16(23)19-14(11)22)15-12-13(29-30(3,24)25)17(28-15,8-26-2)9-27-12/h3,5-6,8-13,15,26-27,30H,14,16-17H2,1-2H3,(H,33,37)(H,39,40)(H,34,36,38);17,22-23,25H,4-12,15-16,18-19H2,1-3H3,(H,28,31)(H,34,35)(H,29,32,33);4-6,8-9,12,16-17,19H,3,11,13H2,1-2H3,(H,28,29)(H,23,25,27);7,12-13,15H,6,8-9H2,1-3H3,(H,18,21)(H,24,25)(H,19,22,23)/p-4/t26?,27-,30+,32+;22?,23-,25+,27+;16?,17-,19+,22+;12?,13-,15+,17+/m0000/s1. The van der Waals surface area contributed by atoms with Crippen molar-refractivity contribution < 1.29 is 132 Å². The van der Waals surface area contributed by atoms with Gasteiger partial charge in [0, 0.05) is 91.7 Å². The molecule has 8 fully saturated rings. The molecule has 51 heteroatoms. The minimum atomic E-state index is -4.21. The average molecular weight is 2140 g/mol. The van der Waals surface area contributed by atoms with Crippen LogP contribution in [-0.2, 0) is 103 Å². The number of nitrogens with one attached hydrogen (secondary N) is 7. The normalized spacial score (nSPS) is 25.9. The Balaban J connectivity index is 0.000000158. The fourth-order valence-corrected chi connectivity index (χ4v) is 21.7. The lowest BCUT2D eigenvalue weighted by atomic mass is 9.92. The van der Waals surface area contributed by atoms with Crippen LogP contribution in [0.1, 0.15) is 159 Å². The SMILES string of the molecule is CCCCCCCCCCCC(=O)NCC#Cc1cn([C@@H]2O[C@]3(COC)COC2[C@@H]3OP(C)(=O)[O-])c(=O)[nH]c1=O.CC[C@]12COC([C@H](n3cc(C#CCOC(=O)c4ccccc4)c(=O)[nH]c3=O)O1)[C@@H]2OP(C)(=O)[O-].COC[C@]12COC([C@H](n3cc(C#CCNC(=O)c4ccc5ccc6cccc7ccc4c5c67)c(=O)[nH]c3=O)O1)[C@@H]2OP(C)(=O)[O-].COC[C@]12COC([C@H](n3cc(C#CCNC(C)=O)c(=O)[nH]c3=O)O1)[C@@H]2OP(C)(=O)[O-]. The van der Waals surface area contributed by atoms with Crippen molar-refractivity contribution in [3.8, 4) is 47.4 Å². The molecule has 7 N–H and O–H groups in total. The smallest absolute Gasteiger partial charge is 0.339 e. The van der Waals surface area contributed by atoms with Crippen LogP contribution < -0.4 is 80.5 Å². The summed E-state index contributed by atoms with van der Waals surface area (Å²) in [6, 6.07) is 26.2. The molecule has 0 radical (unpaired) electrons. The minimum absolute atomic E-state index is 0.00809. The largest absolute Gasteiger partial charge is 0.779 e. The zero-order chi connectivity index (χ0) is 107. The van der Waals surface area contributed by atoms with Gasteiger partial charge in [-0.2, -0.15) is 0 Å². The Hall–Kier alpha value is -11.9. The lowest BCUT2D eigenvalue weighted by Gasteiger charge is -2.32. The van der Waals surface area contributed by atoms with Crippen molar-refractivity contribution in [3.05, 3.63) is 226 Å². The van der Waals surface area contributed by atoms with Crippen LogP contribution >= 0.6 is 30.4 Å². The van der Waals surface area contributed by atoms with Gasteiger partial charge in [0.25, 0.3) is 28.1 Å². The molecule has 5 aromatic carbocycles. The van der Waals surface area contributed by atoms with Crippen molar-refractivity contribution >= 4 is 86.4 Å². The molecule has 0 aliphatic carbocycles. The van der Waals surface area contributed by atoms with E-state index in [0.29, 0.717) is 24.0 Å². The van der Waals surface area contributed by atoms with Gasteiger partial charge in [-0.05, 0) is 63.4 Å². The molecule has 47 nitrogen and oxygen atoms in total. The molecule has 3 amide bonds. The third kappa shape index (κ3) is 26.7. The maximum absolute atomic E-state index is 13.2. The Bertz CT molecular complexity index is 7470. The number of aromatic amines is 4. The lowest BCUT2D eigenvalue weighted by molar-refractivity contribution is -0.209. The zero-order valence-electron chi connectivity index (χ0n) is 82.7. The van der Waals surface area contributed by atoms with Crippen molar-refractivity contribution in [2.45, 2.75) is 188 Å². The van der Waals surface area contributed by atoms with Crippen LogP contribution in [0.5, 0.6) is 0 Å². The Kier molecular flexibility index (Phi) is 36.5. The monoisotopic (exact) mass is 2140 g/mol. The summed E-state index contributed by atoms with van der Waals surface area (Å²) in [6.07, 6.45) is 4.00. The first-order valence-corrected chi connectivity index (χ1v) is 55.4. The fraction of sp³-hybridized carbons (Fsp3) is 0.490. The molecule has 798 valence electrons. The maximum atomic E-state index is 13.2. The molecule has 8 bridgehead atoms. The number of rotatable bonds is 35. The van der Waals surface area contributed by atoms with Crippen LogP contribution in [0.15, 0.2) is 148 Å². The third-order valence-electron chi connectivity index (χ3n) is 25.4. The predicted molar refractivity (Wildman–Crippen MR) is 525 cm³/mol. The molecule has 149 heavy (non-hydrogen) atoms. The number of benzene rings is 5. The van der Waals surface area contributed by atoms with Crippen molar-refractivity contribution in [1.82, 2.24) is 54.2 Å². The van der Waals surface area contributed by atoms with E-state index in [4.69, 9.17) is 74.9 Å². The predicted octanol–water partition coefficient (Wildman–Crippen LogP) is 2.20. The number of aromatic nitrogens is 8. The number of ether oxygens (including phenoxy) is 12. The molecule has 12 heterocycles. The number of hydrogen-bond donors (Lipinski definition) is 7. The van der Waals surface area contributed by atoms with Gasteiger partial charge in [-0.1, -0.05) is 179 Å². The number of methoxy groups -OCH3 is 3. The number of nitrogens with zero attached hydrogens (tertiary/aromatic N) is 4. The molecular weight excluding hydrogens is 2030 g/mol. The molecule has 20 atom stereocenters. The van der Waals surface area contributed by atoms with Gasteiger partial charge in [-0.25, -0.2) is 24.0 Å². The van der Waals surface area contributed by atoms with Crippen LogP contribution in [-0.4, -0.2) is 254 Å². The van der Waals surface area contributed by atoms with Crippen LogP contribution in [0.25, 0.3) is 32.3 Å². The minimum Gasteiger partial charge on any atom is -0.779 e. The first-order chi connectivity index (χ1) is 70.9. The van der Waals surface area contributed by atoms with E-state index in [-0.39, 0.29) is 112 Å². The highest BCUT2D eigenvalue weighted by atomic mass is 31.2.